The predicted octanol–water partition coefficient (Wildman–Crippen LogP) is 1.23. The number of halogens is 1. The van der Waals surface area contributed by atoms with Crippen LogP contribution < -0.4 is 16.2 Å². The molecule has 3 rings (SSSR count). The van der Waals surface area contributed by atoms with Crippen molar-refractivity contribution >= 4 is 22.8 Å². The number of nitrogens with one attached hydrogen (secondary N) is 2. The minimum absolute atomic E-state index is 0.0480. The van der Waals surface area contributed by atoms with Crippen molar-refractivity contribution in [1.29, 1.82) is 0 Å². The highest BCUT2D eigenvalue weighted by Gasteiger charge is 2.22. The first-order valence-corrected chi connectivity index (χ1v) is 10.3. The molecule has 0 aliphatic carbocycles. The number of carbonyl (C=O) groups is 2. The van der Waals surface area contributed by atoms with Crippen LogP contribution in [0.15, 0.2) is 35.3 Å². The van der Waals surface area contributed by atoms with Gasteiger partial charge in [0.2, 0.25) is 0 Å². The Balaban J connectivity index is 2.04. The highest BCUT2D eigenvalue weighted by molar-refractivity contribution is 6.01. The zero-order valence-corrected chi connectivity index (χ0v) is 18.5. The van der Waals surface area contributed by atoms with E-state index < -0.39 is 34.5 Å². The van der Waals surface area contributed by atoms with E-state index in [1.807, 2.05) is 0 Å². The summed E-state index contributed by atoms with van der Waals surface area (Å²) >= 11 is 0. The number of aromatic hydroxyl groups is 1. The van der Waals surface area contributed by atoms with Crippen molar-refractivity contribution < 1.29 is 24.2 Å². The molecule has 0 radical (unpaired) electrons. The predicted molar refractivity (Wildman–Crippen MR) is 120 cm³/mol. The normalized spacial score (nSPS) is 11.1. The Labute approximate surface area is 188 Å². The molecule has 0 bridgehead atoms. The Morgan fingerprint density at radius 2 is 1.94 bits per heavy atom. The number of aliphatic hydroxyl groups is 1. The average molecular weight is 456 g/mol. The summed E-state index contributed by atoms with van der Waals surface area (Å²) in [6.07, 6.45) is 1.67. The fraction of sp³-hybridized carbons (Fsp3) is 0.304. The highest BCUT2D eigenvalue weighted by Crippen LogP contribution is 2.26. The monoisotopic (exact) mass is 456 g/mol. The molecule has 0 aliphatic heterocycles. The van der Waals surface area contributed by atoms with E-state index in [4.69, 9.17) is 5.11 Å². The first kappa shape index (κ1) is 23.9. The van der Waals surface area contributed by atoms with Crippen LogP contribution in [0, 0.1) is 5.82 Å². The Hall–Kier alpha value is -3.79. The van der Waals surface area contributed by atoms with Gasteiger partial charge in [-0.15, -0.1) is 0 Å². The molecule has 0 unspecified atom stereocenters. The van der Waals surface area contributed by atoms with Crippen molar-refractivity contribution in [3.05, 3.63) is 68.9 Å². The molecule has 2 aromatic heterocycles. The highest BCUT2D eigenvalue weighted by atomic mass is 19.1. The molecule has 2 heterocycles. The summed E-state index contributed by atoms with van der Waals surface area (Å²) in [6, 6.07) is 5.43. The molecule has 10 heteroatoms. The minimum Gasteiger partial charge on any atom is -0.505 e. The topological polar surface area (TPSA) is 134 Å². The molecule has 2 amide bonds. The summed E-state index contributed by atoms with van der Waals surface area (Å²) < 4.78 is 15.0. The maximum Gasteiger partial charge on any atom is 0.267 e. The van der Waals surface area contributed by atoms with Crippen LogP contribution in [0.4, 0.5) is 4.39 Å². The number of pyridine rings is 2. The Morgan fingerprint density at radius 1 is 1.21 bits per heavy atom. The lowest BCUT2D eigenvalue weighted by Crippen LogP contribution is -2.34. The van der Waals surface area contributed by atoms with E-state index in [2.05, 4.69) is 15.6 Å². The number of amides is 2. The van der Waals surface area contributed by atoms with E-state index >= 15 is 0 Å². The van der Waals surface area contributed by atoms with Gasteiger partial charge in [0.25, 0.3) is 17.4 Å². The van der Waals surface area contributed by atoms with Gasteiger partial charge in [-0.05, 0) is 49.6 Å². The Kier molecular flexibility index (Phi) is 7.07. The fourth-order valence-corrected chi connectivity index (χ4v) is 3.46. The van der Waals surface area contributed by atoms with Crippen molar-refractivity contribution in [2.24, 2.45) is 7.05 Å². The summed E-state index contributed by atoms with van der Waals surface area (Å²) in [5, 5.41) is 24.5. The molecular weight excluding hydrogens is 431 g/mol. The second kappa shape index (κ2) is 9.78. The first-order valence-electron chi connectivity index (χ1n) is 10.3. The zero-order chi connectivity index (χ0) is 24.3. The Morgan fingerprint density at radius 3 is 2.61 bits per heavy atom. The third-order valence-electron chi connectivity index (χ3n) is 5.02. The number of hydrogen-bond donors (Lipinski definition) is 4. The van der Waals surface area contributed by atoms with E-state index in [1.165, 1.54) is 36.0 Å². The standard InChI is InChI=1S/C23H25FN4O5/c1-12(2)27-21(31)16-10-15(24)5-4-14(16)8-13-9-17-19(26-11-13)20(30)18(23(33)28(17)3)22(32)25-6-7-29/h4-5,9-12,29-30H,6-8H2,1-3H3,(H,25,32)(H,27,31). The number of hydrogen-bond acceptors (Lipinski definition) is 6. The number of aryl methyl sites for hydroxylation is 1. The molecule has 0 atom stereocenters. The van der Waals surface area contributed by atoms with Crippen LogP contribution in [0.2, 0.25) is 0 Å². The third kappa shape index (κ3) is 5.01. The SMILES string of the molecule is CC(C)NC(=O)c1cc(F)ccc1Cc1cnc2c(O)c(C(=O)NCCO)c(=O)n(C)c2c1. The second-order valence-corrected chi connectivity index (χ2v) is 7.88. The van der Waals surface area contributed by atoms with Gasteiger partial charge in [-0.3, -0.25) is 19.4 Å². The second-order valence-electron chi connectivity index (χ2n) is 7.88. The van der Waals surface area contributed by atoms with Crippen molar-refractivity contribution in [3.8, 4) is 5.75 Å². The van der Waals surface area contributed by atoms with Gasteiger partial charge in [0, 0.05) is 31.4 Å². The van der Waals surface area contributed by atoms with Gasteiger partial charge >= 0.3 is 0 Å². The average Bonchev–Trinajstić information content (AvgIpc) is 2.76. The van der Waals surface area contributed by atoms with Gasteiger partial charge in [0.15, 0.2) is 5.75 Å². The molecule has 0 fully saturated rings. The van der Waals surface area contributed by atoms with Crippen molar-refractivity contribution in [1.82, 2.24) is 20.2 Å². The summed E-state index contributed by atoms with van der Waals surface area (Å²) in [4.78, 5) is 41.7. The molecule has 33 heavy (non-hydrogen) atoms. The molecule has 1 aromatic carbocycles. The first-order chi connectivity index (χ1) is 15.6. The number of rotatable bonds is 7. The lowest BCUT2D eigenvalue weighted by atomic mass is 9.99. The number of aliphatic hydroxyl groups excluding tert-OH is 1. The molecule has 0 aliphatic rings. The van der Waals surface area contributed by atoms with Gasteiger partial charge < -0.3 is 25.4 Å². The van der Waals surface area contributed by atoms with Crippen molar-refractivity contribution in [2.45, 2.75) is 26.3 Å². The molecule has 174 valence electrons. The summed E-state index contributed by atoms with van der Waals surface area (Å²) in [5.41, 5.74) is 0.495. The van der Waals surface area contributed by atoms with E-state index in [0.29, 0.717) is 11.1 Å². The summed E-state index contributed by atoms with van der Waals surface area (Å²) in [7, 11) is 1.44. The van der Waals surface area contributed by atoms with Gasteiger partial charge in [0.1, 0.15) is 16.9 Å². The van der Waals surface area contributed by atoms with Gasteiger partial charge in [-0.1, -0.05) is 6.07 Å². The molecule has 3 aromatic rings. The lowest BCUT2D eigenvalue weighted by Gasteiger charge is -2.14. The molecule has 9 nitrogen and oxygen atoms in total. The largest absolute Gasteiger partial charge is 0.505 e. The number of aromatic nitrogens is 2. The van der Waals surface area contributed by atoms with Gasteiger partial charge in [-0.2, -0.15) is 0 Å². The van der Waals surface area contributed by atoms with Crippen molar-refractivity contribution in [3.63, 3.8) is 0 Å². The lowest BCUT2D eigenvalue weighted by molar-refractivity contribution is 0.0932. The molecule has 0 saturated heterocycles. The number of fused-ring (bicyclic) bond motifs is 1. The van der Waals surface area contributed by atoms with Gasteiger partial charge in [0.05, 0.1) is 12.1 Å². The quantitative estimate of drug-likeness (QED) is 0.423. The van der Waals surface area contributed by atoms with Crippen LogP contribution in [-0.4, -0.2) is 50.8 Å². The van der Waals surface area contributed by atoms with E-state index in [9.17, 15) is 23.9 Å². The smallest absolute Gasteiger partial charge is 0.267 e. The third-order valence-corrected chi connectivity index (χ3v) is 5.02. The van der Waals surface area contributed by atoms with E-state index in [-0.39, 0.29) is 42.2 Å². The van der Waals surface area contributed by atoms with Crippen LogP contribution in [-0.2, 0) is 13.5 Å². The number of carbonyl (C=O) groups excluding carboxylic acids is 2. The van der Waals surface area contributed by atoms with Crippen LogP contribution >= 0.6 is 0 Å². The molecular formula is C23H25FN4O5. The summed E-state index contributed by atoms with van der Waals surface area (Å²) in [5.74, 6) is -2.32. The summed E-state index contributed by atoms with van der Waals surface area (Å²) in [6.45, 7) is 3.21. The zero-order valence-electron chi connectivity index (χ0n) is 18.5. The fourth-order valence-electron chi connectivity index (χ4n) is 3.46. The number of nitrogens with zero attached hydrogens (tertiary/aromatic N) is 2. The van der Waals surface area contributed by atoms with Crippen LogP contribution in [0.1, 0.15) is 45.7 Å². The minimum atomic E-state index is -0.818. The molecule has 0 spiro atoms. The van der Waals surface area contributed by atoms with E-state index in [1.54, 1.807) is 19.9 Å². The molecule has 0 saturated carbocycles. The Bertz CT molecular complexity index is 1290. The number of benzene rings is 1. The van der Waals surface area contributed by atoms with Crippen molar-refractivity contribution in [2.75, 3.05) is 13.2 Å². The maximum atomic E-state index is 13.8. The van der Waals surface area contributed by atoms with Crippen LogP contribution in [0.5, 0.6) is 5.75 Å². The van der Waals surface area contributed by atoms with Crippen LogP contribution in [0.3, 0.4) is 0 Å². The maximum absolute atomic E-state index is 13.8. The van der Waals surface area contributed by atoms with Crippen LogP contribution in [0.25, 0.3) is 11.0 Å². The molecule has 4 N–H and O–H groups in total. The van der Waals surface area contributed by atoms with E-state index in [0.717, 1.165) is 0 Å². The van der Waals surface area contributed by atoms with Gasteiger partial charge in [-0.25, -0.2) is 4.39 Å².